The normalized spacial score (nSPS) is 10.9. The Morgan fingerprint density at radius 1 is 1.16 bits per heavy atom. The third-order valence-corrected chi connectivity index (χ3v) is 3.26. The maximum atomic E-state index is 12.3. The van der Waals surface area contributed by atoms with E-state index in [1.54, 1.807) is 6.08 Å². The molecule has 0 fully saturated rings. The number of rotatable bonds is 8. The van der Waals surface area contributed by atoms with Crippen LogP contribution in [0.5, 0.6) is 17.2 Å². The van der Waals surface area contributed by atoms with Crippen molar-refractivity contribution in [3.8, 4) is 17.2 Å². The first-order valence-corrected chi connectivity index (χ1v) is 7.61. The van der Waals surface area contributed by atoms with Gasteiger partial charge in [-0.25, -0.2) is 0 Å². The minimum atomic E-state index is -2.96. The lowest BCUT2D eigenvalue weighted by atomic mass is 10.1. The van der Waals surface area contributed by atoms with Crippen LogP contribution in [0.1, 0.15) is 22.8 Å². The fourth-order valence-corrected chi connectivity index (χ4v) is 2.16. The van der Waals surface area contributed by atoms with Gasteiger partial charge in [0.1, 0.15) is 5.75 Å². The van der Waals surface area contributed by atoms with E-state index in [0.29, 0.717) is 17.9 Å². The van der Waals surface area contributed by atoms with Gasteiger partial charge in [-0.2, -0.15) is 8.78 Å². The zero-order valence-corrected chi connectivity index (χ0v) is 13.9. The molecular formula is C19H18F2O4. The van der Waals surface area contributed by atoms with Crippen molar-refractivity contribution in [3.05, 3.63) is 59.7 Å². The Labute approximate surface area is 144 Å². The molecule has 132 valence electrons. The van der Waals surface area contributed by atoms with E-state index in [4.69, 9.17) is 9.47 Å². The average Bonchev–Trinajstić information content (AvgIpc) is 2.60. The van der Waals surface area contributed by atoms with Crippen molar-refractivity contribution in [1.82, 2.24) is 0 Å². The summed E-state index contributed by atoms with van der Waals surface area (Å²) in [5.74, 6) is 0.372. The number of alkyl halides is 2. The topological polar surface area (TPSA) is 44.8 Å². The number of hydrogen-bond donors (Lipinski definition) is 0. The molecule has 0 heterocycles. The van der Waals surface area contributed by atoms with Gasteiger partial charge in [0.2, 0.25) is 0 Å². The van der Waals surface area contributed by atoms with Crippen LogP contribution in [0, 0.1) is 0 Å². The maximum absolute atomic E-state index is 12.3. The number of methoxy groups -OCH3 is 1. The number of ether oxygens (including phenoxy) is 3. The Kier molecular flexibility index (Phi) is 6.51. The molecule has 0 radical (unpaired) electrons. The van der Waals surface area contributed by atoms with Gasteiger partial charge < -0.3 is 14.2 Å². The molecule has 0 amide bonds. The van der Waals surface area contributed by atoms with E-state index in [1.165, 1.54) is 31.4 Å². The molecule has 4 nitrogen and oxygen atoms in total. The van der Waals surface area contributed by atoms with Crippen molar-refractivity contribution in [1.29, 1.82) is 0 Å². The zero-order valence-electron chi connectivity index (χ0n) is 13.9. The maximum Gasteiger partial charge on any atom is 0.387 e. The molecule has 0 spiro atoms. The predicted molar refractivity (Wildman–Crippen MR) is 90.6 cm³/mol. The van der Waals surface area contributed by atoms with Crippen molar-refractivity contribution in [2.24, 2.45) is 0 Å². The number of hydrogen-bond acceptors (Lipinski definition) is 4. The molecule has 25 heavy (non-hydrogen) atoms. The monoisotopic (exact) mass is 348 g/mol. The lowest BCUT2D eigenvalue weighted by molar-refractivity contribution is -0.0512. The highest BCUT2D eigenvalue weighted by atomic mass is 19.3. The number of benzene rings is 2. The Morgan fingerprint density at radius 3 is 2.64 bits per heavy atom. The summed E-state index contributed by atoms with van der Waals surface area (Å²) in [4.78, 5) is 12.3. The van der Waals surface area contributed by atoms with Crippen LogP contribution in [0.25, 0.3) is 6.08 Å². The molecule has 2 rings (SSSR count). The van der Waals surface area contributed by atoms with Gasteiger partial charge in [-0.1, -0.05) is 18.2 Å². The largest absolute Gasteiger partial charge is 0.494 e. The predicted octanol–water partition coefficient (Wildman–Crippen LogP) is 4.59. The highest BCUT2D eigenvalue weighted by molar-refractivity contribution is 6.07. The van der Waals surface area contributed by atoms with Gasteiger partial charge in [0, 0.05) is 5.56 Å². The van der Waals surface area contributed by atoms with E-state index in [1.807, 2.05) is 31.2 Å². The summed E-state index contributed by atoms with van der Waals surface area (Å²) in [6.07, 6.45) is 3.05. The molecule has 0 N–H and O–H groups in total. The number of carbonyl (C=O) groups excluding carboxylic acids is 1. The Balaban J connectivity index is 2.16. The van der Waals surface area contributed by atoms with Gasteiger partial charge >= 0.3 is 6.61 Å². The van der Waals surface area contributed by atoms with Crippen molar-refractivity contribution in [2.45, 2.75) is 13.5 Å². The van der Waals surface area contributed by atoms with Crippen molar-refractivity contribution >= 4 is 11.9 Å². The van der Waals surface area contributed by atoms with E-state index in [9.17, 15) is 13.6 Å². The molecule has 0 bridgehead atoms. The molecule has 0 atom stereocenters. The second-order valence-electron chi connectivity index (χ2n) is 4.95. The fraction of sp³-hybridized carbons (Fsp3) is 0.211. The van der Waals surface area contributed by atoms with Crippen LogP contribution in [0.4, 0.5) is 8.78 Å². The minimum absolute atomic E-state index is 0.0675. The highest BCUT2D eigenvalue weighted by Gasteiger charge is 2.13. The second-order valence-corrected chi connectivity index (χ2v) is 4.95. The lowest BCUT2D eigenvalue weighted by Crippen LogP contribution is -2.04. The average molecular weight is 348 g/mol. The summed E-state index contributed by atoms with van der Waals surface area (Å²) in [6.45, 7) is -0.521. The lowest BCUT2D eigenvalue weighted by Gasteiger charge is -2.10. The van der Waals surface area contributed by atoms with Gasteiger partial charge in [0.15, 0.2) is 17.3 Å². The van der Waals surface area contributed by atoms with Crippen LogP contribution < -0.4 is 14.2 Å². The number of carbonyl (C=O) groups is 1. The zero-order chi connectivity index (χ0) is 18.2. The van der Waals surface area contributed by atoms with E-state index in [2.05, 4.69) is 4.74 Å². The molecule has 0 saturated heterocycles. The van der Waals surface area contributed by atoms with Gasteiger partial charge in [-0.15, -0.1) is 0 Å². The van der Waals surface area contributed by atoms with Gasteiger partial charge in [-0.3, -0.25) is 4.79 Å². The SMILES string of the molecule is CCOc1cccc(C=CC(=O)c2ccc(OC(F)F)c(OC)c2)c1. The summed E-state index contributed by atoms with van der Waals surface area (Å²) < 4.78 is 39.4. The van der Waals surface area contributed by atoms with Crippen LogP contribution >= 0.6 is 0 Å². The number of halogens is 2. The first kappa shape index (κ1) is 18.4. The third-order valence-electron chi connectivity index (χ3n) is 3.26. The molecule has 0 aromatic heterocycles. The second kappa shape index (κ2) is 8.82. The number of ketones is 1. The highest BCUT2D eigenvalue weighted by Crippen LogP contribution is 2.29. The van der Waals surface area contributed by atoms with Crippen LogP contribution in [-0.4, -0.2) is 26.1 Å². The van der Waals surface area contributed by atoms with E-state index in [0.717, 1.165) is 5.56 Å². The molecule has 0 aliphatic carbocycles. The Hall–Kier alpha value is -2.89. The van der Waals surface area contributed by atoms with Crippen molar-refractivity contribution in [3.63, 3.8) is 0 Å². The van der Waals surface area contributed by atoms with Crippen LogP contribution in [0.3, 0.4) is 0 Å². The first-order chi connectivity index (χ1) is 12.0. The molecule has 6 heteroatoms. The molecule has 2 aromatic rings. The molecule has 2 aromatic carbocycles. The molecular weight excluding hydrogens is 330 g/mol. The summed E-state index contributed by atoms with van der Waals surface area (Å²) in [7, 11) is 1.32. The standard InChI is InChI=1S/C19H18F2O4/c1-3-24-15-6-4-5-13(11-15)7-9-16(22)14-8-10-17(25-19(20)21)18(12-14)23-2/h4-12,19H,3H2,1-2H3. The van der Waals surface area contributed by atoms with Gasteiger partial charge in [0.25, 0.3) is 0 Å². The molecule has 0 unspecified atom stereocenters. The van der Waals surface area contributed by atoms with Crippen LogP contribution in [0.15, 0.2) is 48.5 Å². The Bertz CT molecular complexity index is 757. The summed E-state index contributed by atoms with van der Waals surface area (Å²) >= 11 is 0. The molecule has 0 aliphatic rings. The quantitative estimate of drug-likeness (QED) is 0.517. The third kappa shape index (κ3) is 5.31. The van der Waals surface area contributed by atoms with E-state index < -0.39 is 6.61 Å². The summed E-state index contributed by atoms with van der Waals surface area (Å²) in [5, 5.41) is 0. The first-order valence-electron chi connectivity index (χ1n) is 7.61. The fourth-order valence-electron chi connectivity index (χ4n) is 2.16. The molecule has 0 saturated carbocycles. The van der Waals surface area contributed by atoms with Crippen LogP contribution in [-0.2, 0) is 0 Å². The summed E-state index contributed by atoms with van der Waals surface area (Å²) in [6, 6.07) is 11.4. The van der Waals surface area contributed by atoms with Gasteiger partial charge in [0.05, 0.1) is 13.7 Å². The summed E-state index contributed by atoms with van der Waals surface area (Å²) in [5.41, 5.74) is 1.11. The van der Waals surface area contributed by atoms with E-state index in [-0.39, 0.29) is 17.3 Å². The minimum Gasteiger partial charge on any atom is -0.494 e. The number of allylic oxidation sites excluding steroid dienone is 1. The smallest absolute Gasteiger partial charge is 0.387 e. The van der Waals surface area contributed by atoms with Crippen molar-refractivity contribution in [2.75, 3.05) is 13.7 Å². The Morgan fingerprint density at radius 2 is 1.96 bits per heavy atom. The molecule has 0 aliphatic heterocycles. The van der Waals surface area contributed by atoms with E-state index >= 15 is 0 Å². The van der Waals surface area contributed by atoms with Gasteiger partial charge in [-0.05, 0) is 48.9 Å². The van der Waals surface area contributed by atoms with Crippen LogP contribution in [0.2, 0.25) is 0 Å². The van der Waals surface area contributed by atoms with Crippen molar-refractivity contribution < 1.29 is 27.8 Å².